The number of aromatic nitrogens is 10. The molecular weight excluding hydrogens is 918 g/mol. The zero-order valence-corrected chi connectivity index (χ0v) is 42.7. The van der Waals surface area contributed by atoms with Crippen molar-refractivity contribution in [1.29, 1.82) is 0 Å². The number of ether oxygens (including phenoxy) is 2. The van der Waals surface area contributed by atoms with Crippen molar-refractivity contribution >= 4 is 56.3 Å². The molecule has 2 aliphatic carbocycles. The lowest BCUT2D eigenvalue weighted by Crippen LogP contribution is -2.36. The molecule has 0 fully saturated rings. The van der Waals surface area contributed by atoms with Crippen LogP contribution in [-0.4, -0.2) is 76.9 Å². The van der Waals surface area contributed by atoms with Crippen molar-refractivity contribution < 1.29 is 19.1 Å². The Morgan fingerprint density at radius 2 is 1.04 bits per heavy atom. The molecule has 8 aromatic rings. The van der Waals surface area contributed by atoms with Gasteiger partial charge in [0.05, 0.1) is 41.6 Å². The lowest BCUT2D eigenvalue weighted by molar-refractivity contribution is 0.171. The monoisotopic (exact) mass is 979 g/mol. The maximum absolute atomic E-state index is 12.9. The van der Waals surface area contributed by atoms with Crippen LogP contribution in [0, 0.1) is 20.8 Å². The minimum Gasteiger partial charge on any atom is -0.484 e. The van der Waals surface area contributed by atoms with Gasteiger partial charge in [-0.1, -0.05) is 90.1 Å². The van der Waals surface area contributed by atoms with E-state index in [9.17, 15) is 9.59 Å². The molecule has 6 heterocycles. The Bertz CT molecular complexity index is 3250. The Hall–Kier alpha value is -7.89. The number of fused-ring (bicyclic) bond motifs is 4. The molecular formula is C53H60B2N14O4. The van der Waals surface area contributed by atoms with E-state index in [4.69, 9.17) is 30.9 Å². The van der Waals surface area contributed by atoms with E-state index in [0.29, 0.717) is 45.9 Å². The van der Waals surface area contributed by atoms with Crippen molar-refractivity contribution in [2.45, 2.75) is 123 Å². The van der Waals surface area contributed by atoms with Crippen LogP contribution in [-0.2, 0) is 10.8 Å². The first kappa shape index (κ1) is 51.5. The summed E-state index contributed by atoms with van der Waals surface area (Å²) in [6, 6.07) is 26.1. The standard InChI is InChI=1S/C26H28BN7O2.C17H16BN5O2.C10H16N2/c1-15-28-21(26(2,3)4)13-22(29-15)31-25(35)30-19-10-11-20(18-8-6-5-7-17(18)19)36-16-9-12-23-32-33-24(27)34(23)14-16;18-16-22-21-15-8-5-10(9-23(15)16)25-14-7-6-13(20-17(19)24)11-3-1-2-4-12(11)14;1-7-6-9(10(3,4)5)12-8(2)11-7/h5-9,12-14,19-20H,10-11H2,1-4H3,(H2,28,29,30,31,35);1-5,8-9,13-14H,6-7H2,(H3,19,20,24);6H,1-5H3/t19-,20+;13-,14+;/m00./s1. The van der Waals surface area contributed by atoms with Crippen molar-refractivity contribution in [3.8, 4) is 11.5 Å². The fourth-order valence-electron chi connectivity index (χ4n) is 8.89. The number of urea groups is 2. The molecule has 372 valence electrons. The number of nitrogens with zero attached hydrogens (tertiary/aromatic N) is 10. The molecule has 6 aromatic heterocycles. The molecule has 0 aliphatic heterocycles. The molecule has 18 nitrogen and oxygen atoms in total. The Kier molecular flexibility index (Phi) is 15.1. The van der Waals surface area contributed by atoms with Gasteiger partial charge in [0.15, 0.2) is 27.0 Å². The number of rotatable bonds is 7. The lowest BCUT2D eigenvalue weighted by Gasteiger charge is -2.32. The number of nitrogens with one attached hydrogen (secondary N) is 3. The number of aryl methyl sites for hydroxylation is 3. The van der Waals surface area contributed by atoms with Gasteiger partial charge >= 0.3 is 12.1 Å². The largest absolute Gasteiger partial charge is 0.484 e. The number of anilines is 1. The topological polar surface area (TPSA) is 227 Å². The SMILES string of the molecule is Cc1cc(C(C)(C)C)nc(C)n1.[B]c1nnc2ccc(O[C@@H]3CC[C@H](NC(=O)Nc4cc(C(C)(C)C)nc(C)n4)c4ccccc43)cn12.[B]c1nnc2ccc(O[C@@H]3CC[C@H](NC(N)=O)c4ccccc43)cn12. The van der Waals surface area contributed by atoms with Gasteiger partial charge in [-0.2, -0.15) is 0 Å². The predicted molar refractivity (Wildman–Crippen MR) is 281 cm³/mol. The van der Waals surface area contributed by atoms with Crippen LogP contribution in [0.4, 0.5) is 15.4 Å². The van der Waals surface area contributed by atoms with Gasteiger partial charge in [-0.15, -0.1) is 20.4 Å². The molecule has 0 spiro atoms. The van der Waals surface area contributed by atoms with E-state index in [1.54, 1.807) is 21.2 Å². The summed E-state index contributed by atoms with van der Waals surface area (Å²) in [6.07, 6.45) is 6.27. The average molecular weight is 979 g/mol. The van der Waals surface area contributed by atoms with Gasteiger partial charge in [-0.3, -0.25) is 14.1 Å². The van der Waals surface area contributed by atoms with E-state index in [2.05, 4.69) is 97.8 Å². The average Bonchev–Trinajstić information content (AvgIpc) is 3.90. The number of pyridine rings is 2. The zero-order chi connectivity index (χ0) is 52.2. The quantitative estimate of drug-likeness (QED) is 0.116. The molecule has 2 aliphatic rings. The molecule has 10 rings (SSSR count). The minimum absolute atomic E-state index is 0.0930. The van der Waals surface area contributed by atoms with Crippen molar-refractivity contribution in [2.75, 3.05) is 5.32 Å². The highest BCUT2D eigenvalue weighted by Gasteiger charge is 2.31. The van der Waals surface area contributed by atoms with Crippen molar-refractivity contribution in [3.63, 3.8) is 0 Å². The summed E-state index contributed by atoms with van der Waals surface area (Å²) in [5.74, 6) is 3.32. The minimum atomic E-state index is -0.521. The van der Waals surface area contributed by atoms with Crippen LogP contribution in [0.15, 0.2) is 97.3 Å². The Morgan fingerprint density at radius 1 is 0.589 bits per heavy atom. The van der Waals surface area contributed by atoms with Gasteiger partial charge < -0.3 is 25.8 Å². The van der Waals surface area contributed by atoms with Crippen LogP contribution in [0.5, 0.6) is 11.5 Å². The van der Waals surface area contributed by atoms with E-state index >= 15 is 0 Å². The van der Waals surface area contributed by atoms with Crippen LogP contribution >= 0.6 is 0 Å². The number of primary amides is 1. The number of carbonyl (C=O) groups excluding carboxylic acids is 2. The van der Waals surface area contributed by atoms with Crippen LogP contribution in [0.2, 0.25) is 0 Å². The van der Waals surface area contributed by atoms with Crippen LogP contribution in [0.25, 0.3) is 11.3 Å². The Labute approximate surface area is 427 Å². The fourth-order valence-corrected chi connectivity index (χ4v) is 8.89. The third-order valence-electron chi connectivity index (χ3n) is 12.4. The fraction of sp³-hybridized carbons (Fsp3) is 0.358. The molecule has 20 heteroatoms. The highest BCUT2D eigenvalue weighted by atomic mass is 16.5. The maximum atomic E-state index is 12.9. The molecule has 0 saturated heterocycles. The lowest BCUT2D eigenvalue weighted by atomic mass is 9.85. The number of hydrogen-bond acceptors (Lipinski definition) is 12. The second-order valence-corrected chi connectivity index (χ2v) is 20.3. The molecule has 2 aromatic carbocycles. The molecule has 4 amide bonds. The third-order valence-corrected chi connectivity index (χ3v) is 12.4. The van der Waals surface area contributed by atoms with Gasteiger partial charge in [0.2, 0.25) is 0 Å². The Balaban J connectivity index is 0.000000165. The van der Waals surface area contributed by atoms with Crippen LogP contribution < -0.4 is 42.6 Å². The first-order valence-electron chi connectivity index (χ1n) is 24.2. The van der Waals surface area contributed by atoms with Gasteiger partial charge in [0, 0.05) is 28.3 Å². The highest BCUT2D eigenvalue weighted by Crippen LogP contribution is 2.40. The number of nitrogens with two attached hydrogens (primary N) is 1. The summed E-state index contributed by atoms with van der Waals surface area (Å²) in [4.78, 5) is 41.7. The van der Waals surface area contributed by atoms with Gasteiger partial charge in [0.25, 0.3) is 0 Å². The highest BCUT2D eigenvalue weighted by molar-refractivity contribution is 6.29. The smallest absolute Gasteiger partial charge is 0.320 e. The zero-order valence-electron chi connectivity index (χ0n) is 42.7. The van der Waals surface area contributed by atoms with Crippen molar-refractivity contribution in [2.24, 2.45) is 5.73 Å². The second-order valence-electron chi connectivity index (χ2n) is 20.3. The van der Waals surface area contributed by atoms with Gasteiger partial charge in [0.1, 0.15) is 41.2 Å². The number of amides is 4. The summed E-state index contributed by atoms with van der Waals surface area (Å²) in [5.41, 5.74) is 14.4. The number of carbonyl (C=O) groups is 2. The third kappa shape index (κ3) is 12.6. The maximum Gasteiger partial charge on any atom is 0.320 e. The molecule has 0 bridgehead atoms. The van der Waals surface area contributed by atoms with Crippen LogP contribution in [0.1, 0.15) is 143 Å². The van der Waals surface area contributed by atoms with Gasteiger partial charge in [-0.05, 0) is 99.0 Å². The molecule has 4 atom stereocenters. The molecule has 5 N–H and O–H groups in total. The van der Waals surface area contributed by atoms with Crippen LogP contribution in [0.3, 0.4) is 0 Å². The van der Waals surface area contributed by atoms with E-state index in [-0.39, 0.29) is 41.2 Å². The van der Waals surface area contributed by atoms with E-state index in [0.717, 1.165) is 70.8 Å². The summed E-state index contributed by atoms with van der Waals surface area (Å²) in [5, 5.41) is 24.5. The number of benzene rings is 2. The molecule has 73 heavy (non-hydrogen) atoms. The number of hydrogen-bond donors (Lipinski definition) is 4. The molecule has 4 radical (unpaired) electrons. The second kappa shape index (κ2) is 21.4. The summed E-state index contributed by atoms with van der Waals surface area (Å²) in [6.45, 7) is 18.5. The van der Waals surface area contributed by atoms with E-state index in [1.165, 1.54) is 0 Å². The molecule has 0 unspecified atom stereocenters. The first-order chi connectivity index (χ1) is 34.7. The van der Waals surface area contributed by atoms with E-state index < -0.39 is 6.03 Å². The van der Waals surface area contributed by atoms with E-state index in [1.807, 2.05) is 106 Å². The normalized spacial score (nSPS) is 17.2. The van der Waals surface area contributed by atoms with Crippen molar-refractivity contribution in [3.05, 3.63) is 148 Å². The summed E-state index contributed by atoms with van der Waals surface area (Å²) >= 11 is 0. The molecule has 0 saturated carbocycles. The van der Waals surface area contributed by atoms with Crippen molar-refractivity contribution in [1.82, 2.24) is 59.8 Å². The summed E-state index contributed by atoms with van der Waals surface area (Å²) in [7, 11) is 11.7. The first-order valence-corrected chi connectivity index (χ1v) is 24.2. The summed E-state index contributed by atoms with van der Waals surface area (Å²) < 4.78 is 15.9. The predicted octanol–water partition coefficient (Wildman–Crippen LogP) is 7.23. The Morgan fingerprint density at radius 3 is 1.51 bits per heavy atom. The van der Waals surface area contributed by atoms with Gasteiger partial charge in [-0.25, -0.2) is 29.5 Å².